The Labute approximate surface area is 222 Å². The van der Waals surface area contributed by atoms with E-state index in [9.17, 15) is 15.3 Å². The molecule has 0 saturated heterocycles. The largest absolute Gasteiger partial charge is 0.507 e. The van der Waals surface area contributed by atoms with Gasteiger partial charge >= 0.3 is 0 Å². The number of carbonyl (C=O) groups is 1. The zero-order valence-corrected chi connectivity index (χ0v) is 21.8. The van der Waals surface area contributed by atoms with Crippen LogP contribution in [0.2, 0.25) is 5.02 Å². The van der Waals surface area contributed by atoms with E-state index in [2.05, 4.69) is 13.8 Å². The first-order valence-corrected chi connectivity index (χ1v) is 12.6. The van der Waals surface area contributed by atoms with E-state index >= 15 is 0 Å². The maximum Gasteiger partial charge on any atom is 0.162 e. The Morgan fingerprint density at radius 2 is 1.65 bits per heavy atom. The number of rotatable bonds is 4. The number of anilines is 1. The highest BCUT2D eigenvalue weighted by molar-refractivity contribution is 6.30. The monoisotopic (exact) mass is 512 g/mol. The highest BCUT2D eigenvalue weighted by Gasteiger charge is 2.46. The molecule has 0 bridgehead atoms. The van der Waals surface area contributed by atoms with Crippen LogP contribution in [-0.2, 0) is 4.79 Å². The Morgan fingerprint density at radius 1 is 1.00 bits per heavy atom. The third-order valence-corrected chi connectivity index (χ3v) is 7.31. The van der Waals surface area contributed by atoms with Gasteiger partial charge in [-0.25, -0.2) is 0 Å². The smallest absolute Gasteiger partial charge is 0.162 e. The number of ketones is 1. The van der Waals surface area contributed by atoms with Crippen molar-refractivity contribution in [3.05, 3.63) is 112 Å². The molecule has 0 saturated carbocycles. The van der Waals surface area contributed by atoms with Crippen molar-refractivity contribution in [3.63, 3.8) is 0 Å². The number of allylic oxidation sites excluding steroid dienone is 2. The molecule has 0 spiro atoms. The Hall–Kier alpha value is -3.83. The second-order valence-electron chi connectivity index (χ2n) is 10.3. The van der Waals surface area contributed by atoms with Crippen LogP contribution in [-0.4, -0.2) is 23.8 Å². The lowest BCUT2D eigenvalue weighted by atomic mass is 9.67. The van der Waals surface area contributed by atoms with Gasteiger partial charge in [0.1, 0.15) is 17.3 Å². The number of amidine groups is 1. The van der Waals surface area contributed by atoms with Gasteiger partial charge in [-0.15, -0.1) is 0 Å². The van der Waals surface area contributed by atoms with Crippen molar-refractivity contribution >= 4 is 34.7 Å². The number of aliphatic hydroxyl groups excluding tert-OH is 1. The molecule has 1 atom stereocenters. The maximum atomic E-state index is 13.9. The van der Waals surface area contributed by atoms with E-state index in [4.69, 9.17) is 16.3 Å². The van der Waals surface area contributed by atoms with Crippen molar-refractivity contribution in [3.8, 4) is 5.75 Å². The van der Waals surface area contributed by atoms with Crippen molar-refractivity contribution in [1.82, 2.24) is 0 Å². The van der Waals surface area contributed by atoms with Crippen LogP contribution in [0, 0.1) is 10.8 Å². The zero-order valence-electron chi connectivity index (χ0n) is 21.1. The normalized spacial score (nSPS) is 20.5. The van der Waals surface area contributed by atoms with Gasteiger partial charge in [-0.1, -0.05) is 67.9 Å². The fourth-order valence-corrected chi connectivity index (χ4v) is 5.50. The van der Waals surface area contributed by atoms with E-state index in [-0.39, 0.29) is 22.8 Å². The van der Waals surface area contributed by atoms with Gasteiger partial charge in [-0.2, -0.15) is 0 Å². The third-order valence-electron chi connectivity index (χ3n) is 7.06. The summed E-state index contributed by atoms with van der Waals surface area (Å²) >= 11 is 6.18. The number of ether oxygens (including phenoxy) is 1. The van der Waals surface area contributed by atoms with Crippen molar-refractivity contribution in [2.45, 2.75) is 32.6 Å². The third kappa shape index (κ3) is 4.56. The van der Waals surface area contributed by atoms with Gasteiger partial charge in [0, 0.05) is 45.5 Å². The lowest BCUT2D eigenvalue weighted by Gasteiger charge is -2.45. The second kappa shape index (κ2) is 9.56. The molecule has 3 aromatic rings. The molecule has 1 aliphatic carbocycles. The summed E-state index contributed by atoms with van der Waals surface area (Å²) in [4.78, 5) is 15.7. The lowest BCUT2D eigenvalue weighted by molar-refractivity contribution is -0.118. The van der Waals surface area contributed by atoms with Crippen molar-refractivity contribution in [2.24, 2.45) is 5.41 Å². The summed E-state index contributed by atoms with van der Waals surface area (Å²) in [7, 11) is 1.61. The average Bonchev–Trinajstić information content (AvgIpc) is 2.88. The molecule has 1 heterocycles. The minimum absolute atomic E-state index is 0.0189. The van der Waals surface area contributed by atoms with Gasteiger partial charge in [0.05, 0.1) is 7.11 Å². The number of Topliss-reactive ketones (excluding diaryl/α,β-unsaturated/α-hetero) is 1. The summed E-state index contributed by atoms with van der Waals surface area (Å²) in [5.74, 6) is 0.238. The highest BCUT2D eigenvalue weighted by atomic mass is 35.5. The molecule has 188 valence electrons. The number of benzene rings is 3. The summed E-state index contributed by atoms with van der Waals surface area (Å²) in [6, 6.07) is 23.9. The second-order valence-corrected chi connectivity index (χ2v) is 10.7. The Morgan fingerprint density at radius 3 is 2.27 bits per heavy atom. The molecule has 0 radical (unpaired) electrons. The minimum atomic E-state index is -0.597. The zero-order chi connectivity index (χ0) is 26.3. The number of hydrogen-bond donors (Lipinski definition) is 2. The summed E-state index contributed by atoms with van der Waals surface area (Å²) in [6.07, 6.45) is 1.00. The molecule has 37 heavy (non-hydrogen) atoms. The first-order chi connectivity index (χ1) is 17.7. The van der Waals surface area contributed by atoms with Gasteiger partial charge in [0.2, 0.25) is 0 Å². The van der Waals surface area contributed by atoms with Crippen molar-refractivity contribution in [1.29, 1.82) is 5.41 Å². The molecular formula is C31H29ClN2O3. The quantitative estimate of drug-likeness (QED) is 0.354. The van der Waals surface area contributed by atoms with Gasteiger partial charge in [-0.3, -0.25) is 15.1 Å². The van der Waals surface area contributed by atoms with Crippen LogP contribution in [0.4, 0.5) is 5.69 Å². The minimum Gasteiger partial charge on any atom is -0.507 e. The molecule has 1 aliphatic heterocycles. The molecular weight excluding hydrogens is 484 g/mol. The number of methoxy groups -OCH3 is 1. The highest BCUT2D eigenvalue weighted by Crippen LogP contribution is 2.51. The van der Waals surface area contributed by atoms with Crippen LogP contribution in [0.25, 0.3) is 5.76 Å². The van der Waals surface area contributed by atoms with Gasteiger partial charge < -0.3 is 9.84 Å². The number of nitrogens with one attached hydrogen (secondary N) is 1. The van der Waals surface area contributed by atoms with Crippen molar-refractivity contribution < 1.29 is 14.6 Å². The van der Waals surface area contributed by atoms with E-state index in [1.807, 2.05) is 66.7 Å². The summed E-state index contributed by atoms with van der Waals surface area (Å²) in [6.45, 7) is 4.15. The van der Waals surface area contributed by atoms with Crippen LogP contribution < -0.4 is 9.64 Å². The number of halogens is 1. The van der Waals surface area contributed by atoms with Crippen LogP contribution in [0.5, 0.6) is 5.75 Å². The fourth-order valence-electron chi connectivity index (χ4n) is 5.37. The maximum absolute atomic E-state index is 13.9. The SMILES string of the molecule is COc1ccc([C@H]2C3=C(CC(C)(C)CC3=O)N(c3ccc(Cl)cc3)C(=N)/C2=C(/O)c2ccccc2)cc1. The lowest BCUT2D eigenvalue weighted by Crippen LogP contribution is -2.45. The molecule has 3 aromatic carbocycles. The number of carbonyl (C=O) groups excluding carboxylic acids is 1. The van der Waals surface area contributed by atoms with Crippen LogP contribution in [0.3, 0.4) is 0 Å². The summed E-state index contributed by atoms with van der Waals surface area (Å²) in [5, 5.41) is 21.7. The van der Waals surface area contributed by atoms with E-state index in [1.54, 1.807) is 24.1 Å². The Bertz CT molecular complexity index is 1420. The van der Waals surface area contributed by atoms with Gasteiger partial charge in [0.25, 0.3) is 0 Å². The average molecular weight is 513 g/mol. The molecule has 0 unspecified atom stereocenters. The molecule has 0 amide bonds. The van der Waals surface area contributed by atoms with E-state index in [1.165, 1.54) is 0 Å². The van der Waals surface area contributed by atoms with E-state index < -0.39 is 5.92 Å². The fraction of sp³-hybridized carbons (Fsp3) is 0.226. The molecule has 5 rings (SSSR count). The predicted molar refractivity (Wildman–Crippen MR) is 148 cm³/mol. The molecule has 5 nitrogen and oxygen atoms in total. The molecule has 6 heteroatoms. The van der Waals surface area contributed by atoms with Crippen LogP contribution in [0.1, 0.15) is 43.7 Å². The number of aliphatic hydroxyl groups is 1. The first-order valence-electron chi connectivity index (χ1n) is 12.2. The Kier molecular flexibility index (Phi) is 6.42. The van der Waals surface area contributed by atoms with Crippen LogP contribution >= 0.6 is 11.6 Å². The molecule has 2 aliphatic rings. The first kappa shape index (κ1) is 24.8. The Balaban J connectivity index is 1.83. The summed E-state index contributed by atoms with van der Waals surface area (Å²) in [5.41, 5.74) is 3.65. The number of hydrogen-bond acceptors (Lipinski definition) is 4. The van der Waals surface area contributed by atoms with Gasteiger partial charge in [-0.05, 0) is 53.8 Å². The topological polar surface area (TPSA) is 73.6 Å². The van der Waals surface area contributed by atoms with Gasteiger partial charge in [0.15, 0.2) is 5.78 Å². The standard InChI is InChI=1S/C31H29ClN2O3/c1-31(2)17-24-27(25(35)18-31)26(19-9-15-23(37-3)16-10-19)28(29(36)20-7-5-4-6-8-20)30(33)34(24)22-13-11-21(32)12-14-22/h4-16,26,33,36H,17-18H2,1-3H3/b29-28+,33-30?/t26-/m0/s1. The predicted octanol–water partition coefficient (Wildman–Crippen LogP) is 7.54. The van der Waals surface area contributed by atoms with Crippen molar-refractivity contribution in [2.75, 3.05) is 12.0 Å². The number of nitrogens with zero attached hydrogens (tertiary/aromatic N) is 1. The van der Waals surface area contributed by atoms with E-state index in [0.717, 1.165) is 16.9 Å². The molecule has 0 aromatic heterocycles. The van der Waals surface area contributed by atoms with Crippen LogP contribution in [0.15, 0.2) is 95.7 Å². The molecule has 2 N–H and O–H groups in total. The molecule has 0 fully saturated rings. The van der Waals surface area contributed by atoms with E-state index in [0.29, 0.717) is 40.3 Å². The summed E-state index contributed by atoms with van der Waals surface area (Å²) < 4.78 is 5.36.